The minimum Gasteiger partial charge on any atom is -0.473 e. The van der Waals surface area contributed by atoms with Gasteiger partial charge in [0.15, 0.2) is 0 Å². The molecule has 0 saturated carbocycles. The summed E-state index contributed by atoms with van der Waals surface area (Å²) in [5.41, 5.74) is 0.997. The Morgan fingerprint density at radius 2 is 1.66 bits per heavy atom. The van der Waals surface area contributed by atoms with Crippen LogP contribution in [0, 0.1) is 0 Å². The molecule has 2 amide bonds. The van der Waals surface area contributed by atoms with Gasteiger partial charge in [-0.05, 0) is 18.4 Å². The number of nitrogens with zero attached hydrogens (tertiary/aromatic N) is 3. The van der Waals surface area contributed by atoms with Crippen molar-refractivity contribution in [3.05, 3.63) is 35.9 Å². The molecule has 3 saturated heterocycles. The van der Waals surface area contributed by atoms with Gasteiger partial charge in [-0.25, -0.2) is 9.59 Å². The van der Waals surface area contributed by atoms with Gasteiger partial charge in [-0.2, -0.15) is 0 Å². The van der Waals surface area contributed by atoms with Gasteiger partial charge >= 0.3 is 11.9 Å². The number of benzene rings is 1. The third-order valence-electron chi connectivity index (χ3n) is 5.92. The molecule has 0 bridgehead atoms. The lowest BCUT2D eigenvalue weighted by Gasteiger charge is -2.37. The second kappa shape index (κ2) is 11.2. The molecule has 2 unspecified atom stereocenters. The Kier molecular flexibility index (Phi) is 8.32. The number of carbonyl (C=O) groups is 4. The summed E-state index contributed by atoms with van der Waals surface area (Å²) in [7, 11) is 0. The number of hydrogen-bond donors (Lipinski definition) is 2. The van der Waals surface area contributed by atoms with Crippen molar-refractivity contribution in [1.82, 2.24) is 14.7 Å². The second-order valence-electron chi connectivity index (χ2n) is 8.11. The number of likely N-dealkylation sites (tertiary alicyclic amines) is 1. The summed E-state index contributed by atoms with van der Waals surface area (Å²) < 4.78 is 5.72. The van der Waals surface area contributed by atoms with E-state index in [1.807, 2.05) is 30.3 Å². The summed E-state index contributed by atoms with van der Waals surface area (Å²) in [4.78, 5) is 49.4. The molecule has 0 radical (unpaired) electrons. The van der Waals surface area contributed by atoms with Crippen LogP contribution >= 0.6 is 0 Å². The Labute approximate surface area is 186 Å². The standard InChI is InChI=1S/C20H27N3O3.C2H2O4/c24-19-13-18(20(25)23(19)14-16-5-2-1-3-6-16)22-10-8-21(9-11-22)15-17-7-4-12-26-17;3-1(4)2(5)6/h1-3,5-6,17-18H,4,7-15H2;(H,3,4)(H,5,6). The largest absolute Gasteiger partial charge is 0.473 e. The van der Waals surface area contributed by atoms with Crippen LogP contribution in [0.3, 0.4) is 0 Å². The average molecular weight is 447 g/mol. The first-order valence-corrected chi connectivity index (χ1v) is 10.8. The number of ether oxygens (including phenoxy) is 1. The van der Waals surface area contributed by atoms with Crippen molar-refractivity contribution in [2.24, 2.45) is 0 Å². The van der Waals surface area contributed by atoms with Crippen molar-refractivity contribution in [3.8, 4) is 0 Å². The summed E-state index contributed by atoms with van der Waals surface area (Å²) in [6, 6.07) is 9.44. The third kappa shape index (κ3) is 6.35. The molecule has 10 nitrogen and oxygen atoms in total. The van der Waals surface area contributed by atoms with Crippen molar-refractivity contribution in [1.29, 1.82) is 0 Å². The summed E-state index contributed by atoms with van der Waals surface area (Å²) in [6.45, 7) is 5.83. The Balaban J connectivity index is 0.000000427. The maximum Gasteiger partial charge on any atom is 0.414 e. The first kappa shape index (κ1) is 23.8. The minimum atomic E-state index is -1.82. The van der Waals surface area contributed by atoms with Gasteiger partial charge in [0.2, 0.25) is 11.8 Å². The molecular formula is C22H29N3O7. The predicted octanol–water partition coefficient (Wildman–Crippen LogP) is 0.266. The average Bonchev–Trinajstić information content (AvgIpc) is 3.39. The smallest absolute Gasteiger partial charge is 0.414 e. The Hall–Kier alpha value is -2.82. The van der Waals surface area contributed by atoms with E-state index in [-0.39, 0.29) is 17.9 Å². The molecule has 1 aromatic carbocycles. The van der Waals surface area contributed by atoms with Crippen LogP contribution in [-0.4, -0.2) is 100 Å². The number of carboxylic acids is 2. The molecule has 10 heteroatoms. The number of piperazine rings is 1. The predicted molar refractivity (Wildman–Crippen MR) is 113 cm³/mol. The van der Waals surface area contributed by atoms with E-state index in [0.29, 0.717) is 19.1 Å². The number of carboxylic acid groups (broad SMARTS) is 2. The molecule has 0 aromatic heterocycles. The molecule has 0 spiro atoms. The van der Waals surface area contributed by atoms with Gasteiger partial charge in [-0.3, -0.25) is 24.3 Å². The summed E-state index contributed by atoms with van der Waals surface area (Å²) in [5.74, 6) is -3.73. The normalized spacial score (nSPS) is 24.3. The number of carbonyl (C=O) groups excluding carboxylic acids is 2. The highest BCUT2D eigenvalue weighted by Gasteiger charge is 2.42. The van der Waals surface area contributed by atoms with E-state index in [1.54, 1.807) is 0 Å². The molecule has 32 heavy (non-hydrogen) atoms. The fourth-order valence-corrected chi connectivity index (χ4v) is 4.22. The quantitative estimate of drug-likeness (QED) is 0.483. The zero-order valence-corrected chi connectivity index (χ0v) is 17.9. The summed E-state index contributed by atoms with van der Waals surface area (Å²) >= 11 is 0. The molecule has 3 aliphatic rings. The van der Waals surface area contributed by atoms with Crippen LogP contribution in [0.2, 0.25) is 0 Å². The van der Waals surface area contributed by atoms with E-state index in [4.69, 9.17) is 24.5 Å². The van der Waals surface area contributed by atoms with Gasteiger partial charge in [0, 0.05) is 39.3 Å². The van der Waals surface area contributed by atoms with Crippen LogP contribution in [0.25, 0.3) is 0 Å². The Bertz CT molecular complexity index is 806. The highest BCUT2D eigenvalue weighted by atomic mass is 16.5. The molecule has 3 fully saturated rings. The first-order chi connectivity index (χ1) is 15.3. The number of imide groups is 1. The highest BCUT2D eigenvalue weighted by Crippen LogP contribution is 2.23. The zero-order chi connectivity index (χ0) is 23.1. The molecule has 2 N–H and O–H groups in total. The number of hydrogen-bond acceptors (Lipinski definition) is 7. The minimum absolute atomic E-state index is 0.0357. The monoisotopic (exact) mass is 447 g/mol. The summed E-state index contributed by atoms with van der Waals surface area (Å²) in [6.07, 6.45) is 3.01. The molecule has 2 atom stereocenters. The number of aliphatic carboxylic acids is 2. The van der Waals surface area contributed by atoms with Gasteiger partial charge in [-0.1, -0.05) is 30.3 Å². The van der Waals surface area contributed by atoms with E-state index < -0.39 is 11.9 Å². The van der Waals surface area contributed by atoms with E-state index in [9.17, 15) is 9.59 Å². The molecule has 1 aromatic rings. The molecular weight excluding hydrogens is 418 g/mol. The van der Waals surface area contributed by atoms with Crippen molar-refractivity contribution < 1.29 is 34.1 Å². The summed E-state index contributed by atoms with van der Waals surface area (Å²) in [5, 5.41) is 14.8. The van der Waals surface area contributed by atoms with Gasteiger partial charge < -0.3 is 14.9 Å². The van der Waals surface area contributed by atoms with Gasteiger partial charge in [0.05, 0.1) is 25.1 Å². The van der Waals surface area contributed by atoms with Gasteiger partial charge in [0.1, 0.15) is 0 Å². The maximum atomic E-state index is 12.8. The third-order valence-corrected chi connectivity index (χ3v) is 5.92. The molecule has 174 valence electrons. The van der Waals surface area contributed by atoms with Gasteiger partial charge in [0.25, 0.3) is 0 Å². The van der Waals surface area contributed by atoms with E-state index in [2.05, 4.69) is 9.80 Å². The topological polar surface area (TPSA) is 128 Å². The van der Waals surface area contributed by atoms with Crippen molar-refractivity contribution in [2.75, 3.05) is 39.3 Å². The lowest BCUT2D eigenvalue weighted by atomic mass is 10.1. The van der Waals surface area contributed by atoms with Crippen molar-refractivity contribution in [3.63, 3.8) is 0 Å². The fourth-order valence-electron chi connectivity index (χ4n) is 4.22. The molecule has 4 rings (SSSR count). The molecule has 3 aliphatic heterocycles. The number of amides is 2. The van der Waals surface area contributed by atoms with Crippen LogP contribution in [0.15, 0.2) is 30.3 Å². The van der Waals surface area contributed by atoms with Crippen LogP contribution < -0.4 is 0 Å². The lowest BCUT2D eigenvalue weighted by molar-refractivity contribution is -0.159. The molecule has 0 aliphatic carbocycles. The van der Waals surface area contributed by atoms with Gasteiger partial charge in [-0.15, -0.1) is 0 Å². The van der Waals surface area contributed by atoms with E-state index in [1.165, 1.54) is 11.3 Å². The fraction of sp³-hybridized carbons (Fsp3) is 0.545. The molecule has 3 heterocycles. The first-order valence-electron chi connectivity index (χ1n) is 10.8. The van der Waals surface area contributed by atoms with Crippen LogP contribution in [0.1, 0.15) is 24.8 Å². The maximum absolute atomic E-state index is 12.8. The number of rotatable bonds is 5. The van der Waals surface area contributed by atoms with Crippen molar-refractivity contribution in [2.45, 2.75) is 38.0 Å². The lowest BCUT2D eigenvalue weighted by Crippen LogP contribution is -2.53. The Morgan fingerprint density at radius 1 is 1.00 bits per heavy atom. The van der Waals surface area contributed by atoms with Crippen LogP contribution in [-0.2, 0) is 30.5 Å². The van der Waals surface area contributed by atoms with Crippen LogP contribution in [0.5, 0.6) is 0 Å². The highest BCUT2D eigenvalue weighted by molar-refractivity contribution is 6.27. The van der Waals surface area contributed by atoms with Crippen LogP contribution in [0.4, 0.5) is 0 Å². The van der Waals surface area contributed by atoms with Crippen molar-refractivity contribution >= 4 is 23.8 Å². The SMILES string of the molecule is O=C(O)C(=O)O.O=C1CC(N2CCN(CC3CCCO3)CC2)C(=O)N1Cc1ccccc1. The zero-order valence-electron chi connectivity index (χ0n) is 17.9. The van der Waals surface area contributed by atoms with E-state index >= 15 is 0 Å². The Morgan fingerprint density at radius 3 is 2.22 bits per heavy atom. The van der Waals surface area contributed by atoms with E-state index in [0.717, 1.165) is 51.3 Å². The second-order valence-corrected chi connectivity index (χ2v) is 8.11.